The van der Waals surface area contributed by atoms with Crippen LogP contribution in [0.25, 0.3) is 0 Å². The maximum absolute atomic E-state index is 4.60. The molecule has 3 unspecified atom stereocenters. The highest BCUT2D eigenvalue weighted by Crippen LogP contribution is 2.17. The molecule has 1 aromatic heterocycles. The van der Waals surface area contributed by atoms with E-state index in [0.29, 0.717) is 16.8 Å². The lowest BCUT2D eigenvalue weighted by atomic mass is 10.0. The highest BCUT2D eigenvalue weighted by Gasteiger charge is 2.12. The second-order valence-electron chi connectivity index (χ2n) is 4.40. The van der Waals surface area contributed by atoms with Crippen LogP contribution in [0.1, 0.15) is 45.9 Å². The summed E-state index contributed by atoms with van der Waals surface area (Å²) in [6, 6.07) is 2.65. The van der Waals surface area contributed by atoms with Gasteiger partial charge in [-0.25, -0.2) is 0 Å². The van der Waals surface area contributed by atoms with Crippen molar-refractivity contribution in [1.82, 2.24) is 9.78 Å². The Bertz CT molecular complexity index is 294. The van der Waals surface area contributed by atoms with Crippen LogP contribution in [0.15, 0.2) is 12.3 Å². The molecular weight excluding hydrogens is 252 g/mol. The van der Waals surface area contributed by atoms with Crippen LogP contribution in [0, 0.1) is 5.92 Å². The second-order valence-corrected chi connectivity index (χ2v) is 5.85. The highest BCUT2D eigenvalue weighted by molar-refractivity contribution is 9.09. The van der Waals surface area contributed by atoms with Crippen LogP contribution in [0.2, 0.25) is 0 Å². The van der Waals surface area contributed by atoms with Crippen LogP contribution in [-0.2, 0) is 6.42 Å². The Morgan fingerprint density at radius 2 is 2.07 bits per heavy atom. The molecule has 0 saturated heterocycles. The lowest BCUT2D eigenvalue weighted by Crippen LogP contribution is -2.11. The minimum Gasteiger partial charge on any atom is -0.270 e. The van der Waals surface area contributed by atoms with Crippen molar-refractivity contribution in [2.24, 2.45) is 5.92 Å². The first kappa shape index (κ1) is 12.8. The first-order valence-electron chi connectivity index (χ1n) is 5.72. The van der Waals surface area contributed by atoms with Crippen molar-refractivity contribution in [3.05, 3.63) is 18.0 Å². The van der Waals surface area contributed by atoms with Gasteiger partial charge in [0.1, 0.15) is 0 Å². The zero-order valence-corrected chi connectivity index (χ0v) is 11.7. The predicted molar refractivity (Wildman–Crippen MR) is 68.5 cm³/mol. The Kier molecular flexibility index (Phi) is 4.84. The Morgan fingerprint density at radius 3 is 2.60 bits per heavy atom. The summed E-state index contributed by atoms with van der Waals surface area (Å²) >= 11 is 3.61. The van der Waals surface area contributed by atoms with E-state index in [1.165, 1.54) is 5.69 Å². The van der Waals surface area contributed by atoms with Gasteiger partial charge in [0.25, 0.3) is 0 Å². The number of nitrogens with zero attached hydrogens (tertiary/aromatic N) is 2. The lowest BCUT2D eigenvalue weighted by Gasteiger charge is -2.12. The van der Waals surface area contributed by atoms with E-state index in [0.717, 1.165) is 12.8 Å². The van der Waals surface area contributed by atoms with Crippen molar-refractivity contribution >= 4 is 15.9 Å². The van der Waals surface area contributed by atoms with Gasteiger partial charge in [0, 0.05) is 17.1 Å². The average Bonchev–Trinajstić information content (AvgIpc) is 2.65. The molecule has 86 valence electrons. The Balaban J connectivity index is 2.60. The third kappa shape index (κ3) is 3.63. The molecule has 3 heteroatoms. The summed E-state index contributed by atoms with van der Waals surface area (Å²) in [4.78, 5) is 0.547. The number of halogens is 1. The SMILES string of the molecule is CCC(C)n1ccc(CC(C)C(C)Br)n1. The first-order chi connectivity index (χ1) is 7.04. The zero-order valence-electron chi connectivity index (χ0n) is 10.1. The van der Waals surface area contributed by atoms with Gasteiger partial charge in [0.15, 0.2) is 0 Å². The van der Waals surface area contributed by atoms with Gasteiger partial charge in [0.2, 0.25) is 0 Å². The highest BCUT2D eigenvalue weighted by atomic mass is 79.9. The van der Waals surface area contributed by atoms with Gasteiger partial charge in [-0.05, 0) is 31.7 Å². The van der Waals surface area contributed by atoms with Gasteiger partial charge in [-0.2, -0.15) is 5.10 Å². The fourth-order valence-corrected chi connectivity index (χ4v) is 1.60. The number of hydrogen-bond donors (Lipinski definition) is 0. The average molecular weight is 273 g/mol. The molecule has 2 nitrogen and oxygen atoms in total. The number of hydrogen-bond acceptors (Lipinski definition) is 1. The van der Waals surface area contributed by atoms with E-state index < -0.39 is 0 Å². The molecule has 0 aliphatic carbocycles. The zero-order chi connectivity index (χ0) is 11.4. The summed E-state index contributed by atoms with van der Waals surface area (Å²) in [7, 11) is 0. The Labute approximate surface area is 101 Å². The van der Waals surface area contributed by atoms with Gasteiger partial charge in [-0.3, -0.25) is 4.68 Å². The van der Waals surface area contributed by atoms with E-state index in [1.54, 1.807) is 0 Å². The minimum absolute atomic E-state index is 0.510. The molecule has 0 radical (unpaired) electrons. The van der Waals surface area contributed by atoms with Crippen molar-refractivity contribution in [2.75, 3.05) is 0 Å². The molecule has 0 spiro atoms. The molecular formula is C12H21BrN2. The molecule has 0 amide bonds. The molecule has 3 atom stereocenters. The summed E-state index contributed by atoms with van der Waals surface area (Å²) in [6.07, 6.45) is 4.27. The smallest absolute Gasteiger partial charge is 0.0627 e. The molecule has 0 aliphatic rings. The molecule has 0 N–H and O–H groups in total. The molecule has 0 saturated carbocycles. The predicted octanol–water partition coefficient (Wildman–Crippen LogP) is 3.82. The van der Waals surface area contributed by atoms with Crippen molar-refractivity contribution < 1.29 is 0 Å². The van der Waals surface area contributed by atoms with Gasteiger partial charge in [-0.1, -0.05) is 36.7 Å². The van der Waals surface area contributed by atoms with Gasteiger partial charge >= 0.3 is 0 Å². The molecule has 1 aromatic rings. The van der Waals surface area contributed by atoms with Gasteiger partial charge < -0.3 is 0 Å². The number of rotatable bonds is 5. The molecule has 1 rings (SSSR count). The van der Waals surface area contributed by atoms with Crippen molar-refractivity contribution in [2.45, 2.75) is 51.4 Å². The monoisotopic (exact) mass is 272 g/mol. The van der Waals surface area contributed by atoms with Crippen LogP contribution in [0.5, 0.6) is 0 Å². The van der Waals surface area contributed by atoms with E-state index in [4.69, 9.17) is 0 Å². The van der Waals surface area contributed by atoms with Crippen LogP contribution < -0.4 is 0 Å². The summed E-state index contributed by atoms with van der Waals surface area (Å²) < 4.78 is 2.07. The minimum atomic E-state index is 0.510. The summed E-state index contributed by atoms with van der Waals surface area (Å²) in [6.45, 7) is 8.83. The molecule has 0 aliphatic heterocycles. The molecule has 0 fully saturated rings. The third-order valence-corrected chi connectivity index (χ3v) is 3.92. The fraction of sp³-hybridized carbons (Fsp3) is 0.750. The van der Waals surface area contributed by atoms with E-state index in [1.807, 2.05) is 0 Å². The maximum atomic E-state index is 4.60. The fourth-order valence-electron chi connectivity index (χ4n) is 1.41. The van der Waals surface area contributed by atoms with E-state index >= 15 is 0 Å². The lowest BCUT2D eigenvalue weighted by molar-refractivity contribution is 0.467. The van der Waals surface area contributed by atoms with Gasteiger partial charge in [0.05, 0.1) is 5.69 Å². The normalized spacial score (nSPS) is 17.4. The standard InChI is InChI=1S/C12H21BrN2/c1-5-10(3)15-7-6-12(14-15)8-9(2)11(4)13/h6-7,9-11H,5,8H2,1-4H3. The second kappa shape index (κ2) is 5.69. The topological polar surface area (TPSA) is 17.8 Å². The van der Waals surface area contributed by atoms with Crippen LogP contribution in [0.3, 0.4) is 0 Å². The van der Waals surface area contributed by atoms with Crippen molar-refractivity contribution in [3.8, 4) is 0 Å². The first-order valence-corrected chi connectivity index (χ1v) is 6.64. The molecule has 0 aromatic carbocycles. The van der Waals surface area contributed by atoms with Crippen LogP contribution in [0.4, 0.5) is 0 Å². The van der Waals surface area contributed by atoms with E-state index in [-0.39, 0.29) is 0 Å². The molecule has 0 bridgehead atoms. The molecule has 15 heavy (non-hydrogen) atoms. The summed E-state index contributed by atoms with van der Waals surface area (Å²) in [5.74, 6) is 0.630. The third-order valence-electron chi connectivity index (χ3n) is 3.02. The summed E-state index contributed by atoms with van der Waals surface area (Å²) in [5.41, 5.74) is 1.20. The number of aromatic nitrogens is 2. The van der Waals surface area contributed by atoms with Crippen molar-refractivity contribution in [3.63, 3.8) is 0 Å². The van der Waals surface area contributed by atoms with Crippen molar-refractivity contribution in [1.29, 1.82) is 0 Å². The van der Waals surface area contributed by atoms with Crippen LogP contribution in [-0.4, -0.2) is 14.6 Å². The van der Waals surface area contributed by atoms with E-state index in [9.17, 15) is 0 Å². The number of alkyl halides is 1. The van der Waals surface area contributed by atoms with Gasteiger partial charge in [-0.15, -0.1) is 0 Å². The largest absolute Gasteiger partial charge is 0.270 e. The molecule has 1 heterocycles. The Hall–Kier alpha value is -0.310. The summed E-state index contributed by atoms with van der Waals surface area (Å²) in [5, 5.41) is 4.60. The quantitative estimate of drug-likeness (QED) is 0.746. The van der Waals surface area contributed by atoms with E-state index in [2.05, 4.69) is 65.7 Å². The maximum Gasteiger partial charge on any atom is 0.0627 e. The Morgan fingerprint density at radius 1 is 1.40 bits per heavy atom. The van der Waals surface area contributed by atoms with Crippen LogP contribution >= 0.6 is 15.9 Å².